The summed E-state index contributed by atoms with van der Waals surface area (Å²) in [6.07, 6.45) is 5.58. The largest absolute Gasteiger partial charge is 0.489 e. The predicted octanol–water partition coefficient (Wildman–Crippen LogP) is 4.55. The van der Waals surface area contributed by atoms with E-state index in [2.05, 4.69) is 16.7 Å². The number of halogens is 1. The first-order chi connectivity index (χ1) is 14.1. The predicted molar refractivity (Wildman–Crippen MR) is 110 cm³/mol. The average Bonchev–Trinajstić information content (AvgIpc) is 2.98. The molecule has 0 heterocycles. The molecule has 0 saturated heterocycles. The fourth-order valence-corrected chi connectivity index (χ4v) is 3.53. The Kier molecular flexibility index (Phi) is 7.07. The number of anilines is 1. The Labute approximate surface area is 170 Å². The molecule has 0 aromatic heterocycles. The molecule has 1 saturated carbocycles. The van der Waals surface area contributed by atoms with Crippen LogP contribution in [0.4, 0.5) is 10.1 Å². The van der Waals surface area contributed by atoms with Crippen molar-refractivity contribution in [2.75, 3.05) is 11.9 Å². The van der Waals surface area contributed by atoms with Gasteiger partial charge >= 0.3 is 0 Å². The van der Waals surface area contributed by atoms with Crippen LogP contribution < -0.4 is 15.4 Å². The van der Waals surface area contributed by atoms with Gasteiger partial charge in [0.05, 0.1) is 12.6 Å². The minimum absolute atomic E-state index is 0.0881. The van der Waals surface area contributed by atoms with Crippen LogP contribution in [0, 0.1) is 17.1 Å². The fraction of sp³-hybridized carbons (Fsp3) is 0.391. The highest BCUT2D eigenvalue weighted by molar-refractivity contribution is 5.82. The van der Waals surface area contributed by atoms with Gasteiger partial charge in [-0.1, -0.05) is 43.9 Å². The maximum absolute atomic E-state index is 13.0. The van der Waals surface area contributed by atoms with Crippen LogP contribution in [-0.4, -0.2) is 18.0 Å². The van der Waals surface area contributed by atoms with Gasteiger partial charge in [0.2, 0.25) is 5.91 Å². The van der Waals surface area contributed by atoms with Crippen molar-refractivity contribution in [3.8, 4) is 11.8 Å². The fourth-order valence-electron chi connectivity index (χ4n) is 3.53. The number of carbonyl (C=O) groups excluding carboxylic acids is 1. The van der Waals surface area contributed by atoms with Crippen molar-refractivity contribution in [1.29, 1.82) is 5.26 Å². The summed E-state index contributed by atoms with van der Waals surface area (Å²) in [6.45, 7) is 0.416. The van der Waals surface area contributed by atoms with E-state index in [1.54, 1.807) is 12.1 Å². The lowest BCUT2D eigenvalue weighted by molar-refractivity contribution is -0.120. The van der Waals surface area contributed by atoms with Crippen LogP contribution in [0.15, 0.2) is 48.5 Å². The molecular formula is C23H26FN3O2. The highest BCUT2D eigenvalue weighted by atomic mass is 19.1. The molecule has 0 aliphatic heterocycles. The lowest BCUT2D eigenvalue weighted by atomic mass is 9.92. The number of amides is 1. The zero-order valence-electron chi connectivity index (χ0n) is 16.4. The number of nitrogens with one attached hydrogen (secondary N) is 2. The molecule has 0 unspecified atom stereocenters. The van der Waals surface area contributed by atoms with E-state index in [0.717, 1.165) is 36.9 Å². The van der Waals surface area contributed by atoms with Crippen molar-refractivity contribution in [3.63, 3.8) is 0 Å². The average molecular weight is 395 g/mol. The van der Waals surface area contributed by atoms with Gasteiger partial charge in [0.15, 0.2) is 0 Å². The van der Waals surface area contributed by atoms with Crippen LogP contribution in [0.25, 0.3) is 0 Å². The summed E-state index contributed by atoms with van der Waals surface area (Å²) in [5.41, 5.74) is 0.882. The van der Waals surface area contributed by atoms with E-state index in [1.807, 2.05) is 24.3 Å². The smallest absolute Gasteiger partial charge is 0.240 e. The van der Waals surface area contributed by atoms with Gasteiger partial charge in [0, 0.05) is 11.8 Å². The second-order valence-electron chi connectivity index (χ2n) is 7.45. The summed E-state index contributed by atoms with van der Waals surface area (Å²) < 4.78 is 18.7. The molecule has 0 bridgehead atoms. The molecule has 5 nitrogen and oxygen atoms in total. The van der Waals surface area contributed by atoms with Gasteiger partial charge in [-0.2, -0.15) is 5.26 Å². The zero-order chi connectivity index (χ0) is 20.5. The summed E-state index contributed by atoms with van der Waals surface area (Å²) in [6, 6.07) is 15.8. The second-order valence-corrected chi connectivity index (χ2v) is 7.45. The van der Waals surface area contributed by atoms with Crippen LogP contribution in [0.3, 0.4) is 0 Å². The summed E-state index contributed by atoms with van der Waals surface area (Å²) in [5.74, 6) is 0.184. The Hall–Kier alpha value is -3.07. The number of ether oxygens (including phenoxy) is 1. The third kappa shape index (κ3) is 6.21. The molecular weight excluding hydrogens is 369 g/mol. The number of benzene rings is 2. The van der Waals surface area contributed by atoms with Gasteiger partial charge in [-0.15, -0.1) is 0 Å². The van der Waals surface area contributed by atoms with E-state index < -0.39 is 5.54 Å². The molecule has 2 aromatic rings. The minimum Gasteiger partial charge on any atom is -0.489 e. The lowest BCUT2D eigenvalue weighted by Crippen LogP contribution is -2.48. The summed E-state index contributed by atoms with van der Waals surface area (Å²) >= 11 is 0. The normalized spacial score (nSPS) is 15.6. The van der Waals surface area contributed by atoms with E-state index in [9.17, 15) is 14.4 Å². The second kappa shape index (κ2) is 9.92. The molecule has 2 N–H and O–H groups in total. The topological polar surface area (TPSA) is 74.2 Å². The summed E-state index contributed by atoms with van der Waals surface area (Å²) in [4.78, 5) is 12.4. The third-order valence-corrected chi connectivity index (χ3v) is 5.16. The number of carbonyl (C=O) groups is 1. The molecule has 0 atom stereocenters. The van der Waals surface area contributed by atoms with Crippen LogP contribution in [0.1, 0.15) is 44.1 Å². The Morgan fingerprint density at radius 1 is 1.10 bits per heavy atom. The molecule has 152 valence electrons. The maximum Gasteiger partial charge on any atom is 0.240 e. The first kappa shape index (κ1) is 20.7. The van der Waals surface area contributed by atoms with Crippen LogP contribution in [-0.2, 0) is 11.4 Å². The number of rotatable bonds is 7. The zero-order valence-corrected chi connectivity index (χ0v) is 16.4. The van der Waals surface area contributed by atoms with E-state index >= 15 is 0 Å². The molecule has 0 spiro atoms. The van der Waals surface area contributed by atoms with E-state index in [-0.39, 0.29) is 18.3 Å². The minimum atomic E-state index is -0.741. The molecule has 2 aromatic carbocycles. The van der Waals surface area contributed by atoms with Crippen molar-refractivity contribution in [2.45, 2.75) is 50.7 Å². The Morgan fingerprint density at radius 2 is 1.83 bits per heavy atom. The number of nitriles is 1. The van der Waals surface area contributed by atoms with Gasteiger partial charge in [0.25, 0.3) is 0 Å². The van der Waals surface area contributed by atoms with E-state index in [1.165, 1.54) is 12.1 Å². The highest BCUT2D eigenvalue weighted by Gasteiger charge is 2.32. The molecule has 3 rings (SSSR count). The molecule has 0 radical (unpaired) electrons. The van der Waals surface area contributed by atoms with Crippen molar-refractivity contribution in [2.24, 2.45) is 0 Å². The highest BCUT2D eigenvalue weighted by Crippen LogP contribution is 2.26. The standard InChI is InChI=1S/C23H26FN3O2/c24-19-10-8-18(9-11-19)16-29-21-7-5-6-20(14-21)26-15-22(28)27-23(17-25)12-3-1-2-4-13-23/h5-11,14,26H,1-4,12-13,15-16H2,(H,27,28). The number of hydrogen-bond acceptors (Lipinski definition) is 4. The van der Waals surface area contributed by atoms with Crippen LogP contribution in [0.2, 0.25) is 0 Å². The first-order valence-electron chi connectivity index (χ1n) is 10.0. The Balaban J connectivity index is 1.51. The quantitative estimate of drug-likeness (QED) is 0.675. The molecule has 1 fully saturated rings. The Morgan fingerprint density at radius 3 is 2.52 bits per heavy atom. The molecule has 1 aliphatic rings. The molecule has 1 amide bonds. The molecule has 1 aliphatic carbocycles. The Bertz CT molecular complexity index is 853. The van der Waals surface area contributed by atoms with Crippen molar-refractivity contribution >= 4 is 11.6 Å². The third-order valence-electron chi connectivity index (χ3n) is 5.16. The van der Waals surface area contributed by atoms with Gasteiger partial charge < -0.3 is 15.4 Å². The van der Waals surface area contributed by atoms with E-state index in [0.29, 0.717) is 25.2 Å². The monoisotopic (exact) mass is 395 g/mol. The van der Waals surface area contributed by atoms with Crippen LogP contribution in [0.5, 0.6) is 5.75 Å². The van der Waals surface area contributed by atoms with Crippen LogP contribution >= 0.6 is 0 Å². The van der Waals surface area contributed by atoms with Gasteiger partial charge in [-0.3, -0.25) is 4.79 Å². The lowest BCUT2D eigenvalue weighted by Gasteiger charge is -2.26. The van der Waals surface area contributed by atoms with Gasteiger partial charge in [-0.25, -0.2) is 4.39 Å². The van der Waals surface area contributed by atoms with Crippen molar-refractivity contribution in [1.82, 2.24) is 5.32 Å². The first-order valence-corrected chi connectivity index (χ1v) is 10.0. The van der Waals surface area contributed by atoms with E-state index in [4.69, 9.17) is 4.74 Å². The summed E-state index contributed by atoms with van der Waals surface area (Å²) in [5, 5.41) is 15.6. The molecule has 29 heavy (non-hydrogen) atoms. The van der Waals surface area contributed by atoms with Gasteiger partial charge in [0.1, 0.15) is 23.7 Å². The van der Waals surface area contributed by atoms with Crippen molar-refractivity contribution in [3.05, 3.63) is 59.9 Å². The maximum atomic E-state index is 13.0. The summed E-state index contributed by atoms with van der Waals surface area (Å²) in [7, 11) is 0. The molecule has 6 heteroatoms. The number of nitrogens with zero attached hydrogens (tertiary/aromatic N) is 1. The van der Waals surface area contributed by atoms with Gasteiger partial charge in [-0.05, 0) is 42.7 Å². The van der Waals surface area contributed by atoms with Crippen molar-refractivity contribution < 1.29 is 13.9 Å². The number of hydrogen-bond donors (Lipinski definition) is 2. The SMILES string of the molecule is N#CC1(NC(=O)CNc2cccc(OCc3ccc(F)cc3)c2)CCCCCC1.